The van der Waals surface area contributed by atoms with Gasteiger partial charge in [-0.2, -0.15) is 0 Å². The first-order valence-corrected chi connectivity index (χ1v) is 8.47. The predicted octanol–water partition coefficient (Wildman–Crippen LogP) is 1.03. The Morgan fingerprint density at radius 2 is 1.91 bits per heavy atom. The van der Waals surface area contributed by atoms with Crippen LogP contribution in [0.25, 0.3) is 0 Å². The first-order valence-electron chi connectivity index (χ1n) is 8.47. The number of nitrogens with zero attached hydrogens (tertiary/aromatic N) is 2. The summed E-state index contributed by atoms with van der Waals surface area (Å²) in [5, 5.41) is 5.83. The van der Waals surface area contributed by atoms with E-state index in [9.17, 15) is 0 Å². The molecule has 0 bridgehead atoms. The number of hydrogen-bond donors (Lipinski definition) is 2. The Hall–Kier alpha value is -0.980. The van der Waals surface area contributed by atoms with Crippen molar-refractivity contribution in [3.05, 3.63) is 35.9 Å². The highest BCUT2D eigenvalue weighted by Crippen LogP contribution is 2.12. The molecule has 2 aliphatic rings. The lowest BCUT2D eigenvalue weighted by atomic mass is 10.2. The van der Waals surface area contributed by atoms with Gasteiger partial charge >= 0.3 is 0 Å². The standard InChI is InChI=1S/C17H28N4O/c1-2-6-16(7-3-1)13-21-11-8-18-12-17(14-22-15-19-21)20-9-4-5-10-20/h1-3,6-7,17-19H,4-5,8-15H2. The Morgan fingerprint density at radius 3 is 2.73 bits per heavy atom. The molecule has 0 aliphatic carbocycles. The van der Waals surface area contributed by atoms with Crippen molar-refractivity contribution < 1.29 is 4.74 Å². The molecule has 0 aromatic heterocycles. The van der Waals surface area contributed by atoms with Crippen LogP contribution in [-0.4, -0.2) is 62.0 Å². The van der Waals surface area contributed by atoms with E-state index in [1.807, 2.05) is 0 Å². The summed E-state index contributed by atoms with van der Waals surface area (Å²) in [5.74, 6) is 0. The zero-order valence-electron chi connectivity index (χ0n) is 13.3. The van der Waals surface area contributed by atoms with E-state index < -0.39 is 0 Å². The number of hydrazine groups is 1. The number of ether oxygens (including phenoxy) is 1. The number of hydrogen-bond acceptors (Lipinski definition) is 5. The maximum absolute atomic E-state index is 5.87. The molecule has 5 nitrogen and oxygen atoms in total. The van der Waals surface area contributed by atoms with Gasteiger partial charge in [-0.3, -0.25) is 4.90 Å². The lowest BCUT2D eigenvalue weighted by Gasteiger charge is -2.31. The summed E-state index contributed by atoms with van der Waals surface area (Å²) in [6.07, 6.45) is 2.67. The van der Waals surface area contributed by atoms with Gasteiger partial charge in [0, 0.05) is 32.2 Å². The minimum Gasteiger partial charge on any atom is -0.363 e. The molecule has 0 amide bonds. The minimum absolute atomic E-state index is 0.518. The van der Waals surface area contributed by atoms with E-state index in [1.54, 1.807) is 0 Å². The molecule has 2 heterocycles. The van der Waals surface area contributed by atoms with Crippen LogP contribution in [0.4, 0.5) is 0 Å². The van der Waals surface area contributed by atoms with E-state index in [0.717, 1.165) is 32.8 Å². The molecule has 2 N–H and O–H groups in total. The van der Waals surface area contributed by atoms with Crippen LogP contribution >= 0.6 is 0 Å². The Morgan fingerprint density at radius 1 is 1.09 bits per heavy atom. The third-order valence-corrected chi connectivity index (χ3v) is 4.51. The zero-order chi connectivity index (χ0) is 15.0. The highest BCUT2D eigenvalue weighted by Gasteiger charge is 2.22. The average molecular weight is 304 g/mol. The minimum atomic E-state index is 0.518. The summed E-state index contributed by atoms with van der Waals surface area (Å²) in [4.78, 5) is 2.57. The Labute approximate surface area is 133 Å². The predicted molar refractivity (Wildman–Crippen MR) is 88.3 cm³/mol. The van der Waals surface area contributed by atoms with Crippen molar-refractivity contribution in [2.75, 3.05) is 46.1 Å². The molecule has 0 spiro atoms. The summed E-state index contributed by atoms with van der Waals surface area (Å²) in [6.45, 7) is 7.76. The molecule has 122 valence electrons. The van der Waals surface area contributed by atoms with Gasteiger partial charge in [-0.25, -0.2) is 10.4 Å². The van der Waals surface area contributed by atoms with Crippen molar-refractivity contribution in [3.63, 3.8) is 0 Å². The highest BCUT2D eigenvalue weighted by atomic mass is 16.5. The van der Waals surface area contributed by atoms with Crippen molar-refractivity contribution in [2.24, 2.45) is 0 Å². The fourth-order valence-corrected chi connectivity index (χ4v) is 3.23. The van der Waals surface area contributed by atoms with Gasteiger partial charge in [0.25, 0.3) is 0 Å². The van der Waals surface area contributed by atoms with Crippen molar-refractivity contribution >= 4 is 0 Å². The number of nitrogens with one attached hydrogen (secondary N) is 2. The molecule has 2 aliphatic heterocycles. The highest BCUT2D eigenvalue weighted by molar-refractivity contribution is 5.14. The van der Waals surface area contributed by atoms with Gasteiger partial charge in [0.15, 0.2) is 0 Å². The molecule has 22 heavy (non-hydrogen) atoms. The van der Waals surface area contributed by atoms with E-state index in [4.69, 9.17) is 4.74 Å². The van der Waals surface area contributed by atoms with Gasteiger partial charge in [-0.05, 0) is 31.5 Å². The first-order chi connectivity index (χ1) is 10.9. The number of rotatable bonds is 3. The first kappa shape index (κ1) is 15.9. The summed E-state index contributed by atoms with van der Waals surface area (Å²) in [5.41, 5.74) is 4.72. The SMILES string of the molecule is c1ccc(CN2CCNCC(N3CCCC3)COCN2)cc1. The number of benzene rings is 1. The Bertz CT molecular complexity index is 410. The Balaban J connectivity index is 1.47. The fourth-order valence-electron chi connectivity index (χ4n) is 3.23. The maximum atomic E-state index is 5.87. The molecule has 3 rings (SSSR count). The summed E-state index contributed by atoms with van der Waals surface area (Å²) >= 11 is 0. The van der Waals surface area contributed by atoms with Crippen molar-refractivity contribution in [1.82, 2.24) is 20.7 Å². The summed E-state index contributed by atoms with van der Waals surface area (Å²) in [6, 6.07) is 11.1. The van der Waals surface area contributed by atoms with Crippen LogP contribution in [0.1, 0.15) is 18.4 Å². The molecule has 1 aromatic rings. The van der Waals surface area contributed by atoms with Crippen LogP contribution in [0.5, 0.6) is 0 Å². The normalized spacial score (nSPS) is 26.1. The van der Waals surface area contributed by atoms with E-state index in [1.165, 1.54) is 31.5 Å². The van der Waals surface area contributed by atoms with Crippen LogP contribution in [0.15, 0.2) is 30.3 Å². The molecule has 1 aromatic carbocycles. The summed E-state index contributed by atoms with van der Waals surface area (Å²) in [7, 11) is 0. The topological polar surface area (TPSA) is 39.8 Å². The maximum Gasteiger partial charge on any atom is 0.109 e. The van der Waals surface area contributed by atoms with Crippen molar-refractivity contribution in [2.45, 2.75) is 25.4 Å². The van der Waals surface area contributed by atoms with Gasteiger partial charge in [-0.1, -0.05) is 30.3 Å². The van der Waals surface area contributed by atoms with Gasteiger partial charge in [0.05, 0.1) is 6.61 Å². The van der Waals surface area contributed by atoms with E-state index in [0.29, 0.717) is 12.8 Å². The van der Waals surface area contributed by atoms with Crippen molar-refractivity contribution in [1.29, 1.82) is 0 Å². The van der Waals surface area contributed by atoms with Crippen LogP contribution in [0.2, 0.25) is 0 Å². The third-order valence-electron chi connectivity index (χ3n) is 4.51. The molecular formula is C17H28N4O. The van der Waals surface area contributed by atoms with Gasteiger partial charge in [0.1, 0.15) is 6.73 Å². The van der Waals surface area contributed by atoms with Crippen LogP contribution < -0.4 is 10.7 Å². The molecule has 5 heteroatoms. The molecule has 1 atom stereocenters. The van der Waals surface area contributed by atoms with E-state index >= 15 is 0 Å². The molecular weight excluding hydrogens is 276 g/mol. The Kier molecular flexibility index (Phi) is 6.21. The largest absolute Gasteiger partial charge is 0.363 e. The third kappa shape index (κ3) is 4.76. The van der Waals surface area contributed by atoms with Crippen LogP contribution in [0, 0.1) is 0 Å². The average Bonchev–Trinajstić information content (AvgIpc) is 3.09. The van der Waals surface area contributed by atoms with Crippen molar-refractivity contribution in [3.8, 4) is 0 Å². The second kappa shape index (κ2) is 8.60. The second-order valence-corrected chi connectivity index (χ2v) is 6.18. The van der Waals surface area contributed by atoms with Crippen LogP contribution in [-0.2, 0) is 11.3 Å². The quantitative estimate of drug-likeness (QED) is 0.873. The molecule has 0 radical (unpaired) electrons. The van der Waals surface area contributed by atoms with E-state index in [-0.39, 0.29) is 0 Å². The second-order valence-electron chi connectivity index (χ2n) is 6.18. The molecule has 0 saturated carbocycles. The molecule has 1 unspecified atom stereocenters. The zero-order valence-corrected chi connectivity index (χ0v) is 13.3. The van der Waals surface area contributed by atoms with Gasteiger partial charge in [0.2, 0.25) is 0 Å². The molecule has 2 fully saturated rings. The van der Waals surface area contributed by atoms with E-state index in [2.05, 4.69) is 51.0 Å². The lowest BCUT2D eigenvalue weighted by Crippen LogP contribution is -2.49. The lowest BCUT2D eigenvalue weighted by molar-refractivity contribution is 0.00962. The molecule has 2 saturated heterocycles. The summed E-state index contributed by atoms with van der Waals surface area (Å²) < 4.78 is 5.87. The van der Waals surface area contributed by atoms with Gasteiger partial charge in [-0.15, -0.1) is 0 Å². The monoisotopic (exact) mass is 304 g/mol. The van der Waals surface area contributed by atoms with Gasteiger partial charge < -0.3 is 10.1 Å². The smallest absolute Gasteiger partial charge is 0.109 e. The number of likely N-dealkylation sites (tertiary alicyclic amines) is 1. The fraction of sp³-hybridized carbons (Fsp3) is 0.647. The van der Waals surface area contributed by atoms with Crippen LogP contribution in [0.3, 0.4) is 0 Å².